The van der Waals surface area contributed by atoms with Crippen LogP contribution < -0.4 is 9.80 Å². The number of piperidine rings is 2. The molecule has 6 aromatic carbocycles. The van der Waals surface area contributed by atoms with E-state index in [9.17, 15) is 10.2 Å². The molecule has 0 radical (unpaired) electrons. The lowest BCUT2D eigenvalue weighted by Crippen LogP contribution is -2.38. The van der Waals surface area contributed by atoms with Crippen LogP contribution in [0.2, 0.25) is 0 Å². The zero-order valence-electron chi connectivity index (χ0n) is 37.3. The van der Waals surface area contributed by atoms with E-state index in [-0.39, 0.29) is 17.3 Å². The summed E-state index contributed by atoms with van der Waals surface area (Å²) in [7, 11) is 8.59. The summed E-state index contributed by atoms with van der Waals surface area (Å²) in [6.45, 7) is 5.47. The van der Waals surface area contributed by atoms with E-state index in [2.05, 4.69) is 121 Å². The highest BCUT2D eigenvalue weighted by atomic mass is 16.3. The van der Waals surface area contributed by atoms with Crippen molar-refractivity contribution in [2.75, 3.05) is 77.3 Å². The van der Waals surface area contributed by atoms with Gasteiger partial charge in [0.25, 0.3) is 0 Å². The van der Waals surface area contributed by atoms with Crippen molar-refractivity contribution in [2.24, 2.45) is 11.8 Å². The molecule has 64 heavy (non-hydrogen) atoms. The first kappa shape index (κ1) is 41.5. The van der Waals surface area contributed by atoms with Gasteiger partial charge in [-0.25, -0.2) is 0 Å². The molecule has 0 aliphatic carbocycles. The van der Waals surface area contributed by atoms with Crippen LogP contribution in [0.1, 0.15) is 41.6 Å². The number of anilines is 2. The number of carbonyl (C=O) groups excluding carboxylic acids is 1. The number of hydrogen-bond acceptors (Lipinski definition) is 9. The first-order chi connectivity index (χ1) is 31.0. The Morgan fingerprint density at radius 3 is 1.28 bits per heavy atom. The highest BCUT2D eigenvalue weighted by Gasteiger charge is 2.31. The van der Waals surface area contributed by atoms with Gasteiger partial charge >= 0.3 is 0 Å². The molecule has 0 unspecified atom stereocenters. The number of aromatic nitrogens is 2. The second-order valence-corrected chi connectivity index (χ2v) is 18.7. The van der Waals surface area contributed by atoms with E-state index in [0.29, 0.717) is 23.0 Å². The Morgan fingerprint density at radius 2 is 0.875 bits per heavy atom. The lowest BCUT2D eigenvalue weighted by atomic mass is 9.91. The predicted molar refractivity (Wildman–Crippen MR) is 263 cm³/mol. The lowest BCUT2D eigenvalue weighted by Gasteiger charge is -2.37. The van der Waals surface area contributed by atoms with E-state index in [4.69, 9.17) is 9.97 Å². The summed E-state index contributed by atoms with van der Waals surface area (Å²) in [5.41, 5.74) is 9.01. The summed E-state index contributed by atoms with van der Waals surface area (Å²) in [5, 5.41) is 26.2. The number of phenols is 2. The van der Waals surface area contributed by atoms with Crippen molar-refractivity contribution >= 4 is 60.5 Å². The summed E-state index contributed by atoms with van der Waals surface area (Å²) in [6.07, 6.45) is 7.78. The molecule has 2 saturated heterocycles. The molecule has 0 bridgehead atoms. The van der Waals surface area contributed by atoms with E-state index in [1.165, 1.54) is 0 Å². The van der Waals surface area contributed by atoms with Crippen molar-refractivity contribution in [3.05, 3.63) is 133 Å². The number of carbonyl (C=O) groups is 1. The topological polar surface area (TPSA) is 96.3 Å². The molecule has 9 nitrogen and oxygen atoms in total. The van der Waals surface area contributed by atoms with Gasteiger partial charge in [-0.2, -0.15) is 0 Å². The second-order valence-electron chi connectivity index (χ2n) is 18.7. The Hall–Kier alpha value is -6.55. The monoisotopic (exact) mass is 848 g/mol. The van der Waals surface area contributed by atoms with Crippen molar-refractivity contribution in [2.45, 2.75) is 25.7 Å². The second kappa shape index (κ2) is 17.2. The first-order valence-corrected chi connectivity index (χ1v) is 22.7. The molecule has 0 atom stereocenters. The van der Waals surface area contributed by atoms with Crippen LogP contribution in [-0.2, 0) is 0 Å². The van der Waals surface area contributed by atoms with E-state index in [1.54, 1.807) is 24.3 Å². The van der Waals surface area contributed by atoms with E-state index in [1.807, 2.05) is 24.5 Å². The number of aromatic hydroxyl groups is 2. The minimum atomic E-state index is -0.0635. The number of pyridine rings is 2. The lowest BCUT2D eigenvalue weighted by molar-refractivity contribution is 0.103. The van der Waals surface area contributed by atoms with Gasteiger partial charge in [-0.05, 0) is 170 Å². The summed E-state index contributed by atoms with van der Waals surface area (Å²) in [5.74, 6) is 1.61. The fourth-order valence-corrected chi connectivity index (χ4v) is 10.4. The van der Waals surface area contributed by atoms with Crippen LogP contribution >= 0.6 is 0 Å². The number of nitrogens with zero attached hydrogens (tertiary/aromatic N) is 6. The summed E-state index contributed by atoms with van der Waals surface area (Å²) >= 11 is 0. The standard InChI is InChI=1S/C55H56N6O3/c1-58(2)33-35-17-21-60(22-18-35)53-47-29-43(37-5-7-41-27-45(62)13-9-39(41)25-37)11-15-51(47)56-31-49(53)55(64)50-32-57-52-16-12-44(38-6-8-42-28-46(63)14-10-40(42)26-38)30-48(52)54(50)61-23-19-36(20-24-61)34-59(3)4/h5-16,25-32,35-36,62-63H,17-24,33-34H2,1-4H3. The zero-order valence-corrected chi connectivity index (χ0v) is 37.3. The van der Waals surface area contributed by atoms with Crippen LogP contribution in [0.25, 0.3) is 65.6 Å². The molecule has 2 fully saturated rings. The first-order valence-electron chi connectivity index (χ1n) is 22.7. The quantitative estimate of drug-likeness (QED) is 0.130. The number of fused-ring (bicyclic) bond motifs is 4. The van der Waals surface area contributed by atoms with E-state index in [0.717, 1.165) is 142 Å². The van der Waals surface area contributed by atoms with E-state index >= 15 is 4.79 Å². The third kappa shape index (κ3) is 8.22. The zero-order chi connectivity index (χ0) is 44.1. The number of benzene rings is 6. The van der Waals surface area contributed by atoms with Gasteiger partial charge in [-0.15, -0.1) is 0 Å². The van der Waals surface area contributed by atoms with Crippen LogP contribution in [0.3, 0.4) is 0 Å². The maximum Gasteiger partial charge on any atom is 0.200 e. The van der Waals surface area contributed by atoms with Crippen LogP contribution in [0.15, 0.2) is 122 Å². The highest BCUT2D eigenvalue weighted by Crippen LogP contribution is 2.41. The number of ketones is 1. The van der Waals surface area contributed by atoms with Gasteiger partial charge in [0.15, 0.2) is 5.78 Å². The number of phenolic OH excluding ortho intramolecular Hbond substituents is 2. The van der Waals surface area contributed by atoms with Gasteiger partial charge in [-0.1, -0.05) is 48.5 Å². The Morgan fingerprint density at radius 1 is 0.516 bits per heavy atom. The Labute approximate surface area is 375 Å². The van der Waals surface area contributed by atoms with Crippen LogP contribution in [0, 0.1) is 11.8 Å². The Kier molecular flexibility index (Phi) is 11.1. The number of hydrogen-bond donors (Lipinski definition) is 2. The van der Waals surface area contributed by atoms with Gasteiger partial charge in [0, 0.05) is 62.4 Å². The fourth-order valence-electron chi connectivity index (χ4n) is 10.4. The SMILES string of the molecule is CN(C)CC1CCN(c2c(C(=O)c3cnc4ccc(-c5ccc6cc(O)ccc6c5)cc4c3N3CCC(CN(C)C)CC3)cnc3ccc(-c4ccc5cc(O)ccc5c4)cc23)CC1. The van der Waals surface area contributed by atoms with Crippen LogP contribution in [-0.4, -0.2) is 103 Å². The molecule has 10 rings (SSSR count). The molecule has 324 valence electrons. The third-order valence-corrected chi connectivity index (χ3v) is 13.6. The summed E-state index contributed by atoms with van der Waals surface area (Å²) in [4.78, 5) is 35.2. The Balaban J connectivity index is 1.12. The molecule has 2 aliphatic heterocycles. The van der Waals surface area contributed by atoms with Gasteiger partial charge in [0.1, 0.15) is 11.5 Å². The molecule has 8 aromatic rings. The molecule has 2 aromatic heterocycles. The molecule has 0 spiro atoms. The molecule has 0 saturated carbocycles. The largest absolute Gasteiger partial charge is 0.508 e. The number of rotatable bonds is 10. The summed E-state index contributed by atoms with van der Waals surface area (Å²) in [6, 6.07) is 36.4. The average Bonchev–Trinajstić information content (AvgIpc) is 3.30. The van der Waals surface area contributed by atoms with Crippen LogP contribution in [0.4, 0.5) is 11.4 Å². The normalized spacial score (nSPS) is 15.4. The average molecular weight is 849 g/mol. The third-order valence-electron chi connectivity index (χ3n) is 13.6. The van der Waals surface area contributed by atoms with Crippen molar-refractivity contribution in [1.29, 1.82) is 0 Å². The molecular formula is C55H56N6O3. The van der Waals surface area contributed by atoms with Gasteiger partial charge in [-0.3, -0.25) is 14.8 Å². The maximum atomic E-state index is 15.8. The van der Waals surface area contributed by atoms with Gasteiger partial charge in [0.2, 0.25) is 0 Å². The minimum absolute atomic E-state index is 0.0635. The molecule has 2 aliphatic rings. The molecular weight excluding hydrogens is 793 g/mol. The fraction of sp³-hybridized carbons (Fsp3) is 0.291. The van der Waals surface area contributed by atoms with Crippen LogP contribution in [0.5, 0.6) is 11.5 Å². The van der Waals surface area contributed by atoms with Crippen molar-refractivity contribution < 1.29 is 15.0 Å². The highest BCUT2D eigenvalue weighted by molar-refractivity contribution is 6.21. The van der Waals surface area contributed by atoms with Crippen molar-refractivity contribution in [1.82, 2.24) is 19.8 Å². The van der Waals surface area contributed by atoms with Gasteiger partial charge in [0.05, 0.1) is 33.5 Å². The van der Waals surface area contributed by atoms with Crippen molar-refractivity contribution in [3.8, 4) is 33.8 Å². The maximum absolute atomic E-state index is 15.8. The Bertz CT molecular complexity index is 2850. The smallest absolute Gasteiger partial charge is 0.200 e. The van der Waals surface area contributed by atoms with E-state index < -0.39 is 0 Å². The van der Waals surface area contributed by atoms with Crippen molar-refractivity contribution in [3.63, 3.8) is 0 Å². The molecule has 9 heteroatoms. The van der Waals surface area contributed by atoms with Gasteiger partial charge < -0.3 is 29.8 Å². The minimum Gasteiger partial charge on any atom is -0.508 e. The molecule has 4 heterocycles. The molecule has 0 amide bonds. The molecule has 2 N–H and O–H groups in total. The summed E-state index contributed by atoms with van der Waals surface area (Å²) < 4.78 is 0. The predicted octanol–water partition coefficient (Wildman–Crippen LogP) is 10.6.